The average Bonchev–Trinajstić information content (AvgIpc) is 2.96. The number of sulfonamides is 1. The molecule has 0 aliphatic heterocycles. The molecule has 1 rings (SSSR count). The number of hydrogen-bond acceptors (Lipinski definition) is 4. The van der Waals surface area contributed by atoms with Crippen LogP contribution in [0.4, 0.5) is 0 Å². The lowest BCUT2D eigenvalue weighted by atomic mass is 10.3. The number of rotatable bonds is 7. The van der Waals surface area contributed by atoms with Gasteiger partial charge in [-0.1, -0.05) is 0 Å². The predicted octanol–water partition coefficient (Wildman–Crippen LogP) is -0.512. The number of amides is 1. The Hall–Kier alpha value is -1.13. The molecule has 0 aromatic heterocycles. The van der Waals surface area contributed by atoms with Crippen LogP contribution in [-0.2, 0) is 14.8 Å². The Balaban J connectivity index is 2.06. The SMILES string of the molecule is N#CCS(=O)(=O)NCCCC(=O)NC1CC1. The quantitative estimate of drug-likeness (QED) is 0.590. The van der Waals surface area contributed by atoms with Crippen molar-refractivity contribution < 1.29 is 13.2 Å². The summed E-state index contributed by atoms with van der Waals surface area (Å²) in [5, 5.41) is 11.0. The normalized spacial score (nSPS) is 15.4. The van der Waals surface area contributed by atoms with Crippen molar-refractivity contribution in [2.24, 2.45) is 0 Å². The summed E-state index contributed by atoms with van der Waals surface area (Å²) >= 11 is 0. The monoisotopic (exact) mass is 245 g/mol. The molecule has 1 aliphatic carbocycles. The van der Waals surface area contributed by atoms with Gasteiger partial charge in [0.25, 0.3) is 0 Å². The van der Waals surface area contributed by atoms with Crippen LogP contribution in [0.5, 0.6) is 0 Å². The van der Waals surface area contributed by atoms with Crippen molar-refractivity contribution in [3.63, 3.8) is 0 Å². The van der Waals surface area contributed by atoms with E-state index in [1.54, 1.807) is 6.07 Å². The number of hydrogen-bond donors (Lipinski definition) is 2. The van der Waals surface area contributed by atoms with E-state index in [0.717, 1.165) is 12.8 Å². The summed E-state index contributed by atoms with van der Waals surface area (Å²) in [4.78, 5) is 11.2. The summed E-state index contributed by atoms with van der Waals surface area (Å²) in [6, 6.07) is 1.90. The summed E-state index contributed by atoms with van der Waals surface area (Å²) < 4.78 is 24.3. The predicted molar refractivity (Wildman–Crippen MR) is 57.8 cm³/mol. The minimum absolute atomic E-state index is 0.0398. The second-order valence-corrected chi connectivity index (χ2v) is 5.56. The zero-order valence-corrected chi connectivity index (χ0v) is 9.72. The van der Waals surface area contributed by atoms with Crippen LogP contribution in [0.3, 0.4) is 0 Å². The summed E-state index contributed by atoms with van der Waals surface area (Å²) in [7, 11) is -3.48. The number of nitriles is 1. The van der Waals surface area contributed by atoms with Gasteiger partial charge in [-0.25, -0.2) is 13.1 Å². The Morgan fingerprint density at radius 2 is 2.12 bits per heavy atom. The summed E-state index contributed by atoms with van der Waals surface area (Å²) in [6.07, 6.45) is 2.84. The van der Waals surface area contributed by atoms with Gasteiger partial charge in [0.2, 0.25) is 15.9 Å². The minimum Gasteiger partial charge on any atom is -0.353 e. The van der Waals surface area contributed by atoms with Gasteiger partial charge in [-0.05, 0) is 19.3 Å². The van der Waals surface area contributed by atoms with Crippen molar-refractivity contribution in [2.45, 2.75) is 31.7 Å². The highest BCUT2D eigenvalue weighted by Gasteiger charge is 2.22. The van der Waals surface area contributed by atoms with Crippen LogP contribution in [0.15, 0.2) is 0 Å². The maximum absolute atomic E-state index is 11.2. The fraction of sp³-hybridized carbons (Fsp3) is 0.778. The first kappa shape index (κ1) is 12.9. The van der Waals surface area contributed by atoms with Crippen molar-refractivity contribution in [2.75, 3.05) is 12.3 Å². The number of carbonyl (C=O) groups excluding carboxylic acids is 1. The Morgan fingerprint density at radius 3 is 2.69 bits per heavy atom. The lowest BCUT2D eigenvalue weighted by Crippen LogP contribution is -2.29. The molecule has 0 spiro atoms. The first-order valence-corrected chi connectivity index (χ1v) is 6.82. The van der Waals surface area contributed by atoms with Gasteiger partial charge in [0.15, 0.2) is 5.75 Å². The van der Waals surface area contributed by atoms with Gasteiger partial charge < -0.3 is 5.32 Å². The van der Waals surface area contributed by atoms with E-state index in [1.165, 1.54) is 0 Å². The van der Waals surface area contributed by atoms with Crippen LogP contribution >= 0.6 is 0 Å². The third kappa shape index (κ3) is 5.68. The standard InChI is InChI=1S/C9H15N3O3S/c10-5-7-16(14,15)11-6-1-2-9(13)12-8-3-4-8/h8,11H,1-4,6-7H2,(H,12,13). The molecule has 90 valence electrons. The van der Waals surface area contributed by atoms with Gasteiger partial charge in [0, 0.05) is 19.0 Å². The molecule has 6 nitrogen and oxygen atoms in total. The lowest BCUT2D eigenvalue weighted by molar-refractivity contribution is -0.121. The van der Waals surface area contributed by atoms with E-state index in [4.69, 9.17) is 5.26 Å². The Kier molecular flexibility index (Phi) is 4.71. The number of carbonyl (C=O) groups is 1. The van der Waals surface area contributed by atoms with Crippen molar-refractivity contribution in [1.82, 2.24) is 10.0 Å². The topological polar surface area (TPSA) is 99.1 Å². The highest BCUT2D eigenvalue weighted by atomic mass is 32.2. The van der Waals surface area contributed by atoms with E-state index in [9.17, 15) is 13.2 Å². The first-order valence-electron chi connectivity index (χ1n) is 5.17. The Bertz CT molecular complexity index is 381. The summed E-state index contributed by atoms with van der Waals surface area (Å²) in [6.45, 7) is 0.197. The third-order valence-electron chi connectivity index (χ3n) is 2.10. The minimum atomic E-state index is -3.48. The van der Waals surface area contributed by atoms with Gasteiger partial charge in [-0.3, -0.25) is 4.79 Å². The van der Waals surface area contributed by atoms with E-state index in [0.29, 0.717) is 18.9 Å². The molecule has 2 N–H and O–H groups in total. The van der Waals surface area contributed by atoms with E-state index in [2.05, 4.69) is 10.0 Å². The van der Waals surface area contributed by atoms with Crippen LogP contribution in [0.25, 0.3) is 0 Å². The number of nitrogens with one attached hydrogen (secondary N) is 2. The van der Waals surface area contributed by atoms with E-state index < -0.39 is 15.8 Å². The first-order chi connectivity index (χ1) is 7.53. The highest BCUT2D eigenvalue weighted by Crippen LogP contribution is 2.18. The molecule has 1 aliphatic rings. The van der Waals surface area contributed by atoms with E-state index >= 15 is 0 Å². The molecule has 1 amide bonds. The molecule has 0 radical (unpaired) electrons. The molecule has 16 heavy (non-hydrogen) atoms. The summed E-state index contributed by atoms with van der Waals surface area (Å²) in [5.41, 5.74) is 0. The van der Waals surface area contributed by atoms with Crippen LogP contribution in [0, 0.1) is 11.3 Å². The van der Waals surface area contributed by atoms with Crippen LogP contribution in [0.2, 0.25) is 0 Å². The highest BCUT2D eigenvalue weighted by molar-refractivity contribution is 7.89. The van der Waals surface area contributed by atoms with Gasteiger partial charge in [0.1, 0.15) is 0 Å². The molecule has 1 saturated carbocycles. The molecule has 0 bridgehead atoms. The maximum Gasteiger partial charge on any atom is 0.225 e. The zero-order chi connectivity index (χ0) is 12.0. The largest absolute Gasteiger partial charge is 0.353 e. The van der Waals surface area contributed by atoms with Crippen molar-refractivity contribution in [3.8, 4) is 6.07 Å². The molecule has 1 fully saturated rings. The van der Waals surface area contributed by atoms with Gasteiger partial charge in [0.05, 0.1) is 6.07 Å². The molecular weight excluding hydrogens is 230 g/mol. The second kappa shape index (κ2) is 5.82. The molecule has 0 unspecified atom stereocenters. The average molecular weight is 245 g/mol. The van der Waals surface area contributed by atoms with E-state index in [-0.39, 0.29) is 12.5 Å². The van der Waals surface area contributed by atoms with Crippen molar-refractivity contribution >= 4 is 15.9 Å². The van der Waals surface area contributed by atoms with Crippen LogP contribution in [-0.4, -0.2) is 32.7 Å². The molecule has 0 aromatic rings. The molecule has 0 atom stereocenters. The fourth-order valence-corrected chi connectivity index (χ4v) is 1.87. The van der Waals surface area contributed by atoms with Gasteiger partial charge >= 0.3 is 0 Å². The maximum atomic E-state index is 11.2. The molecule has 0 aromatic carbocycles. The second-order valence-electron chi connectivity index (χ2n) is 3.76. The summed E-state index contributed by atoms with van der Waals surface area (Å²) in [5.74, 6) is -0.580. The van der Waals surface area contributed by atoms with Crippen LogP contribution in [0.1, 0.15) is 25.7 Å². The zero-order valence-electron chi connectivity index (χ0n) is 8.90. The third-order valence-corrected chi connectivity index (χ3v) is 3.25. The van der Waals surface area contributed by atoms with Gasteiger partial charge in [-0.15, -0.1) is 0 Å². The molecule has 0 saturated heterocycles. The van der Waals surface area contributed by atoms with Crippen molar-refractivity contribution in [1.29, 1.82) is 5.26 Å². The molecule has 7 heteroatoms. The lowest BCUT2D eigenvalue weighted by Gasteiger charge is -2.04. The molecule has 0 heterocycles. The fourth-order valence-electron chi connectivity index (χ4n) is 1.14. The van der Waals surface area contributed by atoms with E-state index in [1.807, 2.05) is 0 Å². The van der Waals surface area contributed by atoms with Crippen LogP contribution < -0.4 is 10.0 Å². The van der Waals surface area contributed by atoms with Crippen molar-refractivity contribution in [3.05, 3.63) is 0 Å². The smallest absolute Gasteiger partial charge is 0.225 e. The van der Waals surface area contributed by atoms with Gasteiger partial charge in [-0.2, -0.15) is 5.26 Å². The molecular formula is C9H15N3O3S. The Labute approximate surface area is 95.1 Å². The Morgan fingerprint density at radius 1 is 1.44 bits per heavy atom. The number of nitrogens with zero attached hydrogens (tertiary/aromatic N) is 1.